The summed E-state index contributed by atoms with van der Waals surface area (Å²) >= 11 is 0. The van der Waals surface area contributed by atoms with E-state index in [4.69, 9.17) is 18.5 Å². The van der Waals surface area contributed by atoms with Crippen LogP contribution in [-0.2, 0) is 32.7 Å². The molecule has 0 bridgehead atoms. The van der Waals surface area contributed by atoms with Crippen molar-refractivity contribution >= 4 is 19.8 Å². The van der Waals surface area contributed by atoms with E-state index in [-0.39, 0.29) is 12.8 Å². The maximum atomic E-state index is 12.9. The predicted molar refractivity (Wildman–Crippen MR) is 295 cm³/mol. The number of esters is 2. The molecule has 0 aromatic heterocycles. The van der Waals surface area contributed by atoms with Crippen LogP contribution in [0.1, 0.15) is 296 Å². The summed E-state index contributed by atoms with van der Waals surface area (Å²) in [6.07, 6.45) is 44.0. The number of allylic oxidation sites excluding steroid dienone is 2. The quantitative estimate of drug-likeness (QED) is 0.0145. The Morgan fingerprint density at radius 2 is 0.699 bits per heavy atom. The third-order valence-electron chi connectivity index (χ3n) is 14.6. The van der Waals surface area contributed by atoms with Crippen molar-refractivity contribution in [1.82, 2.24) is 0 Å². The number of carbonyl (C=O) groups is 2. The minimum absolute atomic E-state index is 0.101. The summed E-state index contributed by atoms with van der Waals surface area (Å²) in [5, 5.41) is 50.4. The van der Waals surface area contributed by atoms with Crippen LogP contribution in [0.3, 0.4) is 0 Å². The summed E-state index contributed by atoms with van der Waals surface area (Å²) in [6.45, 7) is 3.38. The second-order valence-electron chi connectivity index (χ2n) is 21.6. The van der Waals surface area contributed by atoms with E-state index in [1.807, 2.05) is 0 Å². The molecule has 1 aliphatic rings. The van der Waals surface area contributed by atoms with E-state index in [1.54, 1.807) is 0 Å². The van der Waals surface area contributed by atoms with E-state index in [0.29, 0.717) is 12.8 Å². The number of rotatable bonds is 53. The number of ether oxygens (including phenoxy) is 2. The molecule has 0 heterocycles. The molecule has 0 aromatic carbocycles. The van der Waals surface area contributed by atoms with Gasteiger partial charge in [-0.1, -0.05) is 257 Å². The molecule has 1 rings (SSSR count). The molecule has 13 nitrogen and oxygen atoms in total. The fraction of sp³-hybridized carbons (Fsp3) is 0.932. The highest BCUT2D eigenvalue weighted by atomic mass is 31.2. The maximum absolute atomic E-state index is 12.9. The molecule has 6 unspecified atom stereocenters. The molecular formula is C59H113O13P. The topological polar surface area (TPSA) is 210 Å². The summed E-state index contributed by atoms with van der Waals surface area (Å²) in [4.78, 5) is 36.0. The van der Waals surface area contributed by atoms with Gasteiger partial charge in [0.15, 0.2) is 6.10 Å². The lowest BCUT2D eigenvalue weighted by molar-refractivity contribution is -0.220. The van der Waals surface area contributed by atoms with Crippen molar-refractivity contribution in [3.8, 4) is 0 Å². The summed E-state index contributed by atoms with van der Waals surface area (Å²) in [6, 6.07) is 0. The van der Waals surface area contributed by atoms with Crippen LogP contribution in [-0.4, -0.2) is 98.3 Å². The van der Waals surface area contributed by atoms with Crippen LogP contribution in [0.4, 0.5) is 0 Å². The van der Waals surface area contributed by atoms with Gasteiger partial charge in [0.25, 0.3) is 0 Å². The molecule has 1 aliphatic carbocycles. The lowest BCUT2D eigenvalue weighted by Gasteiger charge is -2.41. The normalized spacial score (nSPS) is 20.4. The number of aliphatic hydroxyl groups excluding tert-OH is 5. The third-order valence-corrected chi connectivity index (χ3v) is 15.6. The lowest BCUT2D eigenvalue weighted by Crippen LogP contribution is -2.64. The molecule has 0 aliphatic heterocycles. The minimum atomic E-state index is -5.12. The van der Waals surface area contributed by atoms with Gasteiger partial charge < -0.3 is 39.9 Å². The van der Waals surface area contributed by atoms with Crippen molar-refractivity contribution in [2.24, 2.45) is 0 Å². The number of aliphatic hydroxyl groups is 5. The number of phosphoric ester groups is 1. The number of carbonyl (C=O) groups excluding carboxylic acids is 2. The minimum Gasteiger partial charge on any atom is -0.462 e. The Morgan fingerprint density at radius 3 is 1.04 bits per heavy atom. The van der Waals surface area contributed by atoms with Crippen LogP contribution in [0.25, 0.3) is 0 Å². The molecule has 6 atom stereocenters. The zero-order chi connectivity index (χ0) is 53.5. The highest BCUT2D eigenvalue weighted by Gasteiger charge is 2.51. The molecule has 0 spiro atoms. The molecule has 0 amide bonds. The van der Waals surface area contributed by atoms with Gasteiger partial charge in [-0.3, -0.25) is 18.6 Å². The Hall–Kier alpha value is -1.41. The van der Waals surface area contributed by atoms with Gasteiger partial charge in [0.05, 0.1) is 6.61 Å². The largest absolute Gasteiger partial charge is 0.472 e. The summed E-state index contributed by atoms with van der Waals surface area (Å²) in [5.74, 6) is -1.08. The zero-order valence-electron chi connectivity index (χ0n) is 46.7. The Balaban J connectivity index is 2.29. The van der Waals surface area contributed by atoms with Gasteiger partial charge in [-0.15, -0.1) is 0 Å². The van der Waals surface area contributed by atoms with Crippen molar-refractivity contribution < 1.29 is 63.1 Å². The van der Waals surface area contributed by atoms with Crippen molar-refractivity contribution in [2.75, 3.05) is 13.2 Å². The number of unbranched alkanes of at least 4 members (excludes halogenated alkanes) is 39. The molecule has 0 radical (unpaired) electrons. The first-order valence-electron chi connectivity index (χ1n) is 30.5. The monoisotopic (exact) mass is 1060 g/mol. The highest BCUT2D eigenvalue weighted by Crippen LogP contribution is 2.47. The van der Waals surface area contributed by atoms with Crippen LogP contribution in [0.15, 0.2) is 12.2 Å². The molecule has 1 saturated carbocycles. The molecule has 14 heteroatoms. The van der Waals surface area contributed by atoms with Crippen LogP contribution < -0.4 is 0 Å². The number of hydrogen-bond acceptors (Lipinski definition) is 12. The highest BCUT2D eigenvalue weighted by molar-refractivity contribution is 7.47. The van der Waals surface area contributed by atoms with Crippen molar-refractivity contribution in [1.29, 1.82) is 0 Å². The van der Waals surface area contributed by atoms with E-state index >= 15 is 0 Å². The van der Waals surface area contributed by atoms with E-state index in [0.717, 1.165) is 44.9 Å². The molecule has 73 heavy (non-hydrogen) atoms. The molecule has 432 valence electrons. The standard InChI is InChI=1S/C59H113O13P/c1-3-5-7-9-11-13-15-17-19-21-23-25-26-28-30-32-34-36-38-40-42-44-46-48-53(61)71-51(50-70-73(67,68)72-59-57(65)55(63)54(62)56(64)58(59)66)49-69-52(60)47-45-43-41-39-37-35-33-31-29-27-24-22-20-18-16-14-12-10-8-6-4-2/h21,23,51,54-59,62-66H,3-20,22,24-50H2,1-2H3,(H,67,68)/b23-21-. The predicted octanol–water partition coefficient (Wildman–Crippen LogP) is 14.5. The van der Waals surface area contributed by atoms with Gasteiger partial charge in [-0.2, -0.15) is 0 Å². The van der Waals surface area contributed by atoms with E-state index in [1.165, 1.54) is 212 Å². The smallest absolute Gasteiger partial charge is 0.462 e. The SMILES string of the molecule is CCCCCCCCCC/C=C\CCCCCCCCCCCCCC(=O)OC(COC(=O)CCCCCCCCCCCCCCCCCCCCCCC)COP(=O)(O)OC1C(O)C(O)C(O)C(O)C1O. The molecule has 0 aromatic rings. The van der Waals surface area contributed by atoms with Gasteiger partial charge in [0.2, 0.25) is 0 Å². The van der Waals surface area contributed by atoms with Crippen LogP contribution in [0, 0.1) is 0 Å². The summed E-state index contributed by atoms with van der Waals surface area (Å²) in [5.41, 5.74) is 0. The van der Waals surface area contributed by atoms with Gasteiger partial charge >= 0.3 is 19.8 Å². The fourth-order valence-corrected chi connectivity index (χ4v) is 10.7. The van der Waals surface area contributed by atoms with Crippen molar-refractivity contribution in [2.45, 2.75) is 339 Å². The Bertz CT molecular complexity index is 1320. The second kappa shape index (κ2) is 48.9. The van der Waals surface area contributed by atoms with Crippen LogP contribution in [0.5, 0.6) is 0 Å². The van der Waals surface area contributed by atoms with Crippen molar-refractivity contribution in [3.63, 3.8) is 0 Å². The molecular weight excluding hydrogens is 948 g/mol. The zero-order valence-corrected chi connectivity index (χ0v) is 47.6. The van der Waals surface area contributed by atoms with Crippen LogP contribution >= 0.6 is 7.82 Å². The van der Waals surface area contributed by atoms with Crippen molar-refractivity contribution in [3.05, 3.63) is 12.2 Å². The molecule has 0 saturated heterocycles. The molecule has 6 N–H and O–H groups in total. The summed E-state index contributed by atoms with van der Waals surface area (Å²) in [7, 11) is -5.12. The first-order chi connectivity index (χ1) is 35.4. The van der Waals surface area contributed by atoms with Gasteiger partial charge in [-0.05, 0) is 38.5 Å². The maximum Gasteiger partial charge on any atom is 0.472 e. The second-order valence-corrected chi connectivity index (χ2v) is 23.0. The lowest BCUT2D eigenvalue weighted by atomic mass is 9.85. The fourth-order valence-electron chi connectivity index (χ4n) is 9.76. The Kier molecular flexibility index (Phi) is 46.6. The average Bonchev–Trinajstić information content (AvgIpc) is 3.37. The van der Waals surface area contributed by atoms with Gasteiger partial charge in [0, 0.05) is 12.8 Å². The number of phosphoric acid groups is 1. The first-order valence-corrected chi connectivity index (χ1v) is 32.0. The first kappa shape index (κ1) is 69.6. The molecule has 1 fully saturated rings. The third kappa shape index (κ3) is 40.5. The Labute approximate surface area is 445 Å². The van der Waals surface area contributed by atoms with Gasteiger partial charge in [0.1, 0.15) is 43.2 Å². The van der Waals surface area contributed by atoms with E-state index in [9.17, 15) is 44.6 Å². The average molecular weight is 1060 g/mol. The summed E-state index contributed by atoms with van der Waals surface area (Å²) < 4.78 is 33.8. The van der Waals surface area contributed by atoms with E-state index in [2.05, 4.69) is 26.0 Å². The van der Waals surface area contributed by atoms with Gasteiger partial charge in [-0.25, -0.2) is 4.57 Å². The van der Waals surface area contributed by atoms with Crippen LogP contribution in [0.2, 0.25) is 0 Å². The number of hydrogen-bond donors (Lipinski definition) is 6. The Morgan fingerprint density at radius 1 is 0.411 bits per heavy atom. The van der Waals surface area contributed by atoms with E-state index < -0.39 is 75.7 Å².